The van der Waals surface area contributed by atoms with Gasteiger partial charge in [-0.2, -0.15) is 5.26 Å². The quantitative estimate of drug-likeness (QED) is 0.494. The fourth-order valence-electron chi connectivity index (χ4n) is 2.65. The predicted octanol–water partition coefficient (Wildman–Crippen LogP) is 2.59. The van der Waals surface area contributed by atoms with Crippen LogP contribution in [0.3, 0.4) is 0 Å². The molecule has 0 spiro atoms. The van der Waals surface area contributed by atoms with Gasteiger partial charge in [0.2, 0.25) is 0 Å². The van der Waals surface area contributed by atoms with Crippen LogP contribution >= 0.6 is 0 Å². The highest BCUT2D eigenvalue weighted by Gasteiger charge is 2.29. The van der Waals surface area contributed by atoms with E-state index in [4.69, 9.17) is 4.74 Å². The van der Waals surface area contributed by atoms with E-state index in [1.807, 2.05) is 0 Å². The normalized spacial score (nSPS) is 15.3. The molecule has 8 heteroatoms. The Hall–Kier alpha value is -2.95. The summed E-state index contributed by atoms with van der Waals surface area (Å²) in [5.41, 5.74) is -0.253. The number of anilines is 1. The average molecular weight is 363 g/mol. The molecule has 0 radical (unpaired) electrons. The van der Waals surface area contributed by atoms with E-state index in [1.54, 1.807) is 13.0 Å². The van der Waals surface area contributed by atoms with Crippen molar-refractivity contribution in [2.75, 3.05) is 25.0 Å². The van der Waals surface area contributed by atoms with Crippen LogP contribution in [0.25, 0.3) is 0 Å². The Kier molecular flexibility index (Phi) is 6.67. The van der Waals surface area contributed by atoms with Gasteiger partial charge >= 0.3 is 5.97 Å². The largest absolute Gasteiger partial charge is 0.466 e. The summed E-state index contributed by atoms with van der Waals surface area (Å²) in [7, 11) is 0. The van der Waals surface area contributed by atoms with Crippen LogP contribution in [0, 0.1) is 28.9 Å². The number of carbonyl (C=O) groups is 2. The van der Waals surface area contributed by atoms with Gasteiger partial charge < -0.3 is 15.0 Å². The summed E-state index contributed by atoms with van der Waals surface area (Å²) in [6, 6.07) is 4.71. The molecule has 1 aromatic rings. The van der Waals surface area contributed by atoms with Gasteiger partial charge in [0.15, 0.2) is 0 Å². The highest BCUT2D eigenvalue weighted by Crippen LogP contribution is 2.20. The van der Waals surface area contributed by atoms with Crippen molar-refractivity contribution >= 4 is 17.6 Å². The van der Waals surface area contributed by atoms with Gasteiger partial charge in [-0.05, 0) is 31.9 Å². The van der Waals surface area contributed by atoms with Crippen LogP contribution in [0.4, 0.5) is 14.5 Å². The standard InChI is InChI=1S/C18H19F2N3O3/c1-2-26-18(25)12-5-7-23(8-6-12)17(24)13(10-21)11-22-16-4-3-14(19)9-15(16)20/h3-4,9,11-12,22H,2,5-8H2,1H3/b13-11-. The molecule has 0 bridgehead atoms. The second-order valence-corrected chi connectivity index (χ2v) is 5.76. The molecular formula is C18H19F2N3O3. The van der Waals surface area contributed by atoms with Crippen molar-refractivity contribution in [2.24, 2.45) is 5.92 Å². The van der Waals surface area contributed by atoms with Gasteiger partial charge in [0, 0.05) is 25.4 Å². The SMILES string of the molecule is CCOC(=O)C1CCN(C(=O)/C(C#N)=C\Nc2ccc(F)cc2F)CC1. The summed E-state index contributed by atoms with van der Waals surface area (Å²) in [6.07, 6.45) is 2.02. The van der Waals surface area contributed by atoms with Crippen LogP contribution in [0.15, 0.2) is 30.0 Å². The Morgan fingerprint density at radius 2 is 2.08 bits per heavy atom. The minimum Gasteiger partial charge on any atom is -0.466 e. The molecule has 1 heterocycles. The van der Waals surface area contributed by atoms with Gasteiger partial charge in [-0.1, -0.05) is 0 Å². The number of rotatable bonds is 5. The molecule has 1 fully saturated rings. The minimum atomic E-state index is -0.832. The molecule has 1 aliphatic rings. The first-order chi connectivity index (χ1) is 12.5. The molecule has 26 heavy (non-hydrogen) atoms. The third kappa shape index (κ3) is 4.79. The number of carbonyl (C=O) groups excluding carboxylic acids is 2. The number of hydrogen-bond acceptors (Lipinski definition) is 5. The van der Waals surface area contributed by atoms with Crippen molar-refractivity contribution < 1.29 is 23.1 Å². The number of hydrogen-bond donors (Lipinski definition) is 1. The first-order valence-electron chi connectivity index (χ1n) is 8.24. The lowest BCUT2D eigenvalue weighted by Gasteiger charge is -2.30. The number of halogens is 2. The lowest BCUT2D eigenvalue weighted by Crippen LogP contribution is -2.41. The average Bonchev–Trinajstić information content (AvgIpc) is 2.64. The van der Waals surface area contributed by atoms with Gasteiger partial charge in [-0.15, -0.1) is 0 Å². The van der Waals surface area contributed by atoms with Gasteiger partial charge in [-0.3, -0.25) is 9.59 Å². The summed E-state index contributed by atoms with van der Waals surface area (Å²) in [4.78, 5) is 25.6. The topological polar surface area (TPSA) is 82.4 Å². The Bertz CT molecular complexity index is 751. The van der Waals surface area contributed by atoms with Crippen molar-refractivity contribution in [2.45, 2.75) is 19.8 Å². The van der Waals surface area contributed by atoms with E-state index in [-0.39, 0.29) is 23.1 Å². The molecule has 2 rings (SSSR count). The third-order valence-corrected chi connectivity index (χ3v) is 4.06. The van der Waals surface area contributed by atoms with E-state index in [0.29, 0.717) is 38.6 Å². The van der Waals surface area contributed by atoms with Crippen LogP contribution < -0.4 is 5.32 Å². The molecule has 1 N–H and O–H groups in total. The van der Waals surface area contributed by atoms with Crippen LogP contribution in [0.1, 0.15) is 19.8 Å². The Balaban J connectivity index is 1.98. The monoisotopic (exact) mass is 363 g/mol. The van der Waals surface area contributed by atoms with Crippen LogP contribution in [0.2, 0.25) is 0 Å². The smallest absolute Gasteiger partial charge is 0.309 e. The molecule has 138 valence electrons. The number of piperidine rings is 1. The first kappa shape index (κ1) is 19.4. The highest BCUT2D eigenvalue weighted by atomic mass is 19.1. The molecule has 0 saturated carbocycles. The zero-order valence-corrected chi connectivity index (χ0v) is 14.3. The summed E-state index contributed by atoms with van der Waals surface area (Å²) >= 11 is 0. The van der Waals surface area contributed by atoms with Crippen molar-refractivity contribution in [3.63, 3.8) is 0 Å². The molecule has 0 aromatic heterocycles. The fourth-order valence-corrected chi connectivity index (χ4v) is 2.65. The van der Waals surface area contributed by atoms with Crippen LogP contribution in [-0.4, -0.2) is 36.5 Å². The van der Waals surface area contributed by atoms with E-state index in [0.717, 1.165) is 12.3 Å². The maximum absolute atomic E-state index is 13.6. The summed E-state index contributed by atoms with van der Waals surface area (Å²) in [5.74, 6) is -2.59. The second kappa shape index (κ2) is 8.94. The number of amides is 1. The molecule has 1 amide bonds. The molecular weight excluding hydrogens is 344 g/mol. The fraction of sp³-hybridized carbons (Fsp3) is 0.389. The van der Waals surface area contributed by atoms with Crippen LogP contribution in [0.5, 0.6) is 0 Å². The van der Waals surface area contributed by atoms with Crippen molar-refractivity contribution in [1.29, 1.82) is 5.26 Å². The van der Waals surface area contributed by atoms with Crippen molar-refractivity contribution in [1.82, 2.24) is 4.90 Å². The zero-order chi connectivity index (χ0) is 19.1. The van der Waals surface area contributed by atoms with E-state index in [9.17, 15) is 23.6 Å². The number of nitrogens with zero attached hydrogens (tertiary/aromatic N) is 2. The number of ether oxygens (including phenoxy) is 1. The maximum atomic E-state index is 13.6. The van der Waals surface area contributed by atoms with E-state index in [2.05, 4.69) is 5.32 Å². The first-order valence-corrected chi connectivity index (χ1v) is 8.24. The van der Waals surface area contributed by atoms with Crippen LogP contribution in [-0.2, 0) is 14.3 Å². The molecule has 0 unspecified atom stereocenters. The third-order valence-electron chi connectivity index (χ3n) is 4.06. The zero-order valence-electron chi connectivity index (χ0n) is 14.3. The Morgan fingerprint density at radius 1 is 1.38 bits per heavy atom. The lowest BCUT2D eigenvalue weighted by molar-refractivity contribution is -0.150. The van der Waals surface area contributed by atoms with Gasteiger partial charge in [-0.25, -0.2) is 8.78 Å². The number of esters is 1. The summed E-state index contributed by atoms with van der Waals surface area (Å²) < 4.78 is 31.5. The molecule has 1 aromatic carbocycles. The minimum absolute atomic E-state index is 0.0482. The van der Waals surface area contributed by atoms with Gasteiger partial charge in [0.05, 0.1) is 18.2 Å². The maximum Gasteiger partial charge on any atom is 0.309 e. The lowest BCUT2D eigenvalue weighted by atomic mass is 9.96. The van der Waals surface area contributed by atoms with E-state index < -0.39 is 17.5 Å². The molecule has 0 atom stereocenters. The second-order valence-electron chi connectivity index (χ2n) is 5.76. The predicted molar refractivity (Wildman–Crippen MR) is 89.6 cm³/mol. The highest BCUT2D eigenvalue weighted by molar-refractivity contribution is 5.97. The molecule has 0 aliphatic carbocycles. The van der Waals surface area contributed by atoms with E-state index in [1.165, 1.54) is 11.0 Å². The summed E-state index contributed by atoms with van der Waals surface area (Å²) in [6.45, 7) is 2.70. The van der Waals surface area contributed by atoms with Crippen molar-refractivity contribution in [3.05, 3.63) is 41.6 Å². The Morgan fingerprint density at radius 3 is 2.65 bits per heavy atom. The van der Waals surface area contributed by atoms with E-state index >= 15 is 0 Å². The van der Waals surface area contributed by atoms with Crippen molar-refractivity contribution in [3.8, 4) is 6.07 Å². The number of nitrogens with one attached hydrogen (secondary N) is 1. The Labute approximate surface area is 150 Å². The number of likely N-dealkylation sites (tertiary alicyclic amines) is 1. The number of nitriles is 1. The molecule has 1 aliphatic heterocycles. The van der Waals surface area contributed by atoms with Gasteiger partial charge in [0.1, 0.15) is 23.3 Å². The number of benzene rings is 1. The summed E-state index contributed by atoms with van der Waals surface area (Å²) in [5, 5.41) is 11.7. The molecule has 1 saturated heterocycles. The van der Waals surface area contributed by atoms with Gasteiger partial charge in [0.25, 0.3) is 5.91 Å². The molecule has 6 nitrogen and oxygen atoms in total.